The first-order valence-electron chi connectivity index (χ1n) is 5.34. The van der Waals surface area contributed by atoms with Crippen LogP contribution in [-0.2, 0) is 0 Å². The number of carboxylic acid groups (broad SMARTS) is 1. The Balaban J connectivity index is 2.10. The normalized spacial score (nSPS) is 10.3. The molecule has 0 aromatic heterocycles. The predicted octanol–water partition coefficient (Wildman–Crippen LogP) is 4.26. The van der Waals surface area contributed by atoms with E-state index in [0.717, 1.165) is 9.79 Å². The van der Waals surface area contributed by atoms with E-state index in [1.165, 1.54) is 4.90 Å². The summed E-state index contributed by atoms with van der Waals surface area (Å²) in [5.41, 5.74) is 0.317. The van der Waals surface area contributed by atoms with E-state index in [-0.39, 0.29) is 0 Å². The average molecular weight is 276 g/mol. The molecule has 92 valence electrons. The van der Waals surface area contributed by atoms with Crippen LogP contribution in [0.5, 0.6) is 0 Å². The molecule has 0 bridgehead atoms. The minimum Gasteiger partial charge on any atom is -0.478 e. The molecule has 0 aliphatic rings. The molecule has 0 radical (unpaired) electrons. The summed E-state index contributed by atoms with van der Waals surface area (Å²) in [5, 5.41) is 8.81. The molecule has 0 amide bonds. The maximum absolute atomic E-state index is 10.7. The molecule has 2 aromatic carbocycles. The molecular weight excluding hydrogens is 264 g/mol. The van der Waals surface area contributed by atoms with Crippen LogP contribution in [0.1, 0.15) is 10.4 Å². The van der Waals surface area contributed by atoms with Crippen molar-refractivity contribution in [2.75, 3.05) is 6.26 Å². The standard InChI is InChI=1S/C14H12O2S2/c1-17-11-6-8-13(9-7-11)18-12-4-2-10(3-5-12)14(15)16/h2-9H,1H3,(H,15,16). The highest BCUT2D eigenvalue weighted by Crippen LogP contribution is 2.29. The minimum atomic E-state index is -0.893. The molecule has 1 N–H and O–H groups in total. The fourth-order valence-electron chi connectivity index (χ4n) is 1.45. The van der Waals surface area contributed by atoms with Gasteiger partial charge in [-0.15, -0.1) is 11.8 Å². The number of rotatable bonds is 4. The Morgan fingerprint density at radius 1 is 0.889 bits per heavy atom. The van der Waals surface area contributed by atoms with Crippen LogP contribution in [0.3, 0.4) is 0 Å². The first kappa shape index (κ1) is 13.1. The van der Waals surface area contributed by atoms with Gasteiger partial charge in [-0.3, -0.25) is 0 Å². The van der Waals surface area contributed by atoms with Gasteiger partial charge in [-0.1, -0.05) is 11.8 Å². The first-order chi connectivity index (χ1) is 8.69. The molecule has 0 fully saturated rings. The van der Waals surface area contributed by atoms with Crippen molar-refractivity contribution in [3.63, 3.8) is 0 Å². The second kappa shape index (κ2) is 5.98. The van der Waals surface area contributed by atoms with Gasteiger partial charge in [0.1, 0.15) is 0 Å². The van der Waals surface area contributed by atoms with Gasteiger partial charge >= 0.3 is 5.97 Å². The number of thioether (sulfide) groups is 1. The fourth-order valence-corrected chi connectivity index (χ4v) is 2.67. The summed E-state index contributed by atoms with van der Waals surface area (Å²) < 4.78 is 0. The van der Waals surface area contributed by atoms with E-state index in [1.807, 2.05) is 18.4 Å². The molecular formula is C14H12O2S2. The molecule has 18 heavy (non-hydrogen) atoms. The number of hydrogen-bond donors (Lipinski definition) is 1. The highest BCUT2D eigenvalue weighted by molar-refractivity contribution is 7.99. The number of carbonyl (C=O) groups is 1. The summed E-state index contributed by atoms with van der Waals surface area (Å²) in [5.74, 6) is -0.893. The van der Waals surface area contributed by atoms with E-state index < -0.39 is 5.97 Å². The van der Waals surface area contributed by atoms with Crippen molar-refractivity contribution in [3.8, 4) is 0 Å². The summed E-state index contributed by atoms with van der Waals surface area (Å²) >= 11 is 3.34. The van der Waals surface area contributed by atoms with Gasteiger partial charge < -0.3 is 5.11 Å². The topological polar surface area (TPSA) is 37.3 Å². The van der Waals surface area contributed by atoms with Crippen molar-refractivity contribution in [1.82, 2.24) is 0 Å². The molecule has 0 spiro atoms. The second-order valence-electron chi connectivity index (χ2n) is 3.61. The Hall–Kier alpha value is -1.39. The monoisotopic (exact) mass is 276 g/mol. The molecule has 0 saturated heterocycles. The fraction of sp³-hybridized carbons (Fsp3) is 0.0714. The molecule has 4 heteroatoms. The molecule has 0 saturated carbocycles. The molecule has 0 unspecified atom stereocenters. The maximum Gasteiger partial charge on any atom is 0.335 e. The third-order valence-corrected chi connectivity index (χ3v) is 4.16. The van der Waals surface area contributed by atoms with Crippen molar-refractivity contribution in [2.45, 2.75) is 14.7 Å². The van der Waals surface area contributed by atoms with Crippen molar-refractivity contribution in [3.05, 3.63) is 54.1 Å². The van der Waals surface area contributed by atoms with E-state index in [0.29, 0.717) is 5.56 Å². The van der Waals surface area contributed by atoms with Crippen molar-refractivity contribution in [1.29, 1.82) is 0 Å². The third kappa shape index (κ3) is 3.31. The molecule has 0 aliphatic carbocycles. The SMILES string of the molecule is CSc1ccc(Sc2ccc(C(=O)O)cc2)cc1. The molecule has 2 nitrogen and oxygen atoms in total. The molecule has 0 atom stereocenters. The van der Waals surface area contributed by atoms with Gasteiger partial charge in [0.15, 0.2) is 0 Å². The molecule has 0 heterocycles. The predicted molar refractivity (Wildman–Crippen MR) is 75.7 cm³/mol. The number of benzene rings is 2. The van der Waals surface area contributed by atoms with Crippen LogP contribution in [0.2, 0.25) is 0 Å². The van der Waals surface area contributed by atoms with Gasteiger partial charge in [-0.05, 0) is 54.8 Å². The number of carboxylic acids is 1. The van der Waals surface area contributed by atoms with E-state index in [4.69, 9.17) is 5.11 Å². The Morgan fingerprint density at radius 2 is 1.33 bits per heavy atom. The Bertz CT molecular complexity index is 533. The Morgan fingerprint density at radius 3 is 1.78 bits per heavy atom. The second-order valence-corrected chi connectivity index (χ2v) is 5.63. The summed E-state index contributed by atoms with van der Waals surface area (Å²) in [6, 6.07) is 15.2. The third-order valence-electron chi connectivity index (χ3n) is 2.40. The van der Waals surface area contributed by atoms with E-state index in [2.05, 4.69) is 24.3 Å². The van der Waals surface area contributed by atoms with Crippen LogP contribution < -0.4 is 0 Å². The van der Waals surface area contributed by atoms with Gasteiger partial charge in [0.05, 0.1) is 5.56 Å². The summed E-state index contributed by atoms with van der Waals surface area (Å²) in [4.78, 5) is 14.2. The van der Waals surface area contributed by atoms with Gasteiger partial charge in [0, 0.05) is 14.7 Å². The average Bonchev–Trinajstić information content (AvgIpc) is 2.40. The van der Waals surface area contributed by atoms with E-state index in [1.54, 1.807) is 35.7 Å². The lowest BCUT2D eigenvalue weighted by Crippen LogP contribution is -1.94. The quantitative estimate of drug-likeness (QED) is 0.847. The van der Waals surface area contributed by atoms with Crippen molar-refractivity contribution < 1.29 is 9.90 Å². The highest BCUT2D eigenvalue weighted by Gasteiger charge is 2.02. The van der Waals surface area contributed by atoms with Gasteiger partial charge in [0.2, 0.25) is 0 Å². The number of hydrogen-bond acceptors (Lipinski definition) is 3. The van der Waals surface area contributed by atoms with Crippen LogP contribution in [0, 0.1) is 0 Å². The lowest BCUT2D eigenvalue weighted by molar-refractivity contribution is 0.0697. The molecule has 2 rings (SSSR count). The molecule has 2 aromatic rings. The summed E-state index contributed by atoms with van der Waals surface area (Å²) in [7, 11) is 0. The Kier molecular flexibility index (Phi) is 4.33. The van der Waals surface area contributed by atoms with E-state index >= 15 is 0 Å². The van der Waals surface area contributed by atoms with Crippen LogP contribution in [0.4, 0.5) is 0 Å². The minimum absolute atomic E-state index is 0.317. The smallest absolute Gasteiger partial charge is 0.335 e. The number of aromatic carboxylic acids is 1. The zero-order valence-corrected chi connectivity index (χ0v) is 11.4. The van der Waals surface area contributed by atoms with Crippen LogP contribution in [-0.4, -0.2) is 17.3 Å². The van der Waals surface area contributed by atoms with Crippen molar-refractivity contribution in [2.24, 2.45) is 0 Å². The lowest BCUT2D eigenvalue weighted by Gasteiger charge is -2.03. The van der Waals surface area contributed by atoms with Crippen LogP contribution >= 0.6 is 23.5 Å². The van der Waals surface area contributed by atoms with Gasteiger partial charge in [-0.2, -0.15) is 0 Å². The highest BCUT2D eigenvalue weighted by atomic mass is 32.2. The Labute approximate surface area is 114 Å². The van der Waals surface area contributed by atoms with Crippen LogP contribution in [0.25, 0.3) is 0 Å². The largest absolute Gasteiger partial charge is 0.478 e. The van der Waals surface area contributed by atoms with Crippen molar-refractivity contribution >= 4 is 29.5 Å². The van der Waals surface area contributed by atoms with Crippen LogP contribution in [0.15, 0.2) is 63.2 Å². The summed E-state index contributed by atoms with van der Waals surface area (Å²) in [6.07, 6.45) is 2.05. The van der Waals surface area contributed by atoms with Gasteiger partial charge in [-0.25, -0.2) is 4.79 Å². The zero-order chi connectivity index (χ0) is 13.0. The first-order valence-corrected chi connectivity index (χ1v) is 7.38. The molecule has 0 aliphatic heterocycles. The zero-order valence-electron chi connectivity index (χ0n) is 9.79. The van der Waals surface area contributed by atoms with E-state index in [9.17, 15) is 4.79 Å². The maximum atomic E-state index is 10.7. The van der Waals surface area contributed by atoms with Gasteiger partial charge in [0.25, 0.3) is 0 Å². The summed E-state index contributed by atoms with van der Waals surface area (Å²) in [6.45, 7) is 0. The lowest BCUT2D eigenvalue weighted by atomic mass is 10.2.